The molecule has 6 heteroatoms. The lowest BCUT2D eigenvalue weighted by atomic mass is 10.1. The van der Waals surface area contributed by atoms with E-state index in [0.717, 1.165) is 15.7 Å². The number of halogens is 2. The maximum atomic E-state index is 6.18. The molecule has 2 rings (SSSR count). The van der Waals surface area contributed by atoms with E-state index >= 15 is 0 Å². The standard InChI is InChI=1S/C10H10BrClN4/c1-16-8(5-14-15-16)10(13)6-3-2-4-7(11)9(6)12/h2-5,10H,13H2,1H3. The molecule has 84 valence electrons. The average molecular weight is 302 g/mol. The van der Waals surface area contributed by atoms with E-state index in [1.165, 1.54) is 0 Å². The van der Waals surface area contributed by atoms with Crippen LogP contribution in [0.4, 0.5) is 0 Å². The van der Waals surface area contributed by atoms with Gasteiger partial charge in [0.1, 0.15) is 0 Å². The zero-order valence-electron chi connectivity index (χ0n) is 8.56. The van der Waals surface area contributed by atoms with Crippen molar-refractivity contribution in [2.45, 2.75) is 6.04 Å². The minimum absolute atomic E-state index is 0.329. The van der Waals surface area contributed by atoms with Gasteiger partial charge in [0.2, 0.25) is 0 Å². The number of hydrogen-bond donors (Lipinski definition) is 1. The fourth-order valence-electron chi connectivity index (χ4n) is 1.50. The van der Waals surface area contributed by atoms with E-state index < -0.39 is 0 Å². The third-order valence-electron chi connectivity index (χ3n) is 2.38. The molecule has 0 spiro atoms. The van der Waals surface area contributed by atoms with Crippen LogP contribution in [-0.4, -0.2) is 15.0 Å². The third kappa shape index (κ3) is 1.98. The lowest BCUT2D eigenvalue weighted by Gasteiger charge is -2.13. The van der Waals surface area contributed by atoms with Gasteiger partial charge in [-0.25, -0.2) is 0 Å². The fourth-order valence-corrected chi connectivity index (χ4v) is 2.12. The van der Waals surface area contributed by atoms with Gasteiger partial charge >= 0.3 is 0 Å². The zero-order chi connectivity index (χ0) is 11.7. The van der Waals surface area contributed by atoms with Crippen LogP contribution in [-0.2, 0) is 7.05 Å². The summed E-state index contributed by atoms with van der Waals surface area (Å²) in [7, 11) is 1.80. The first-order valence-electron chi connectivity index (χ1n) is 4.65. The van der Waals surface area contributed by atoms with Crippen molar-refractivity contribution >= 4 is 27.5 Å². The lowest BCUT2D eigenvalue weighted by Crippen LogP contribution is -2.16. The number of hydrogen-bond acceptors (Lipinski definition) is 3. The van der Waals surface area contributed by atoms with Crippen LogP contribution in [0, 0.1) is 0 Å². The molecule has 0 saturated carbocycles. The molecule has 2 N–H and O–H groups in total. The topological polar surface area (TPSA) is 56.7 Å². The highest BCUT2D eigenvalue weighted by Crippen LogP contribution is 2.31. The number of benzene rings is 1. The second-order valence-corrected chi connectivity index (χ2v) is 4.64. The molecule has 16 heavy (non-hydrogen) atoms. The van der Waals surface area contributed by atoms with Gasteiger partial charge in [0.25, 0.3) is 0 Å². The quantitative estimate of drug-likeness (QED) is 0.926. The van der Waals surface area contributed by atoms with Crippen molar-refractivity contribution in [3.05, 3.63) is 45.1 Å². The SMILES string of the molecule is Cn1nncc1C(N)c1cccc(Br)c1Cl. The Balaban J connectivity index is 2.46. The fraction of sp³-hybridized carbons (Fsp3) is 0.200. The Morgan fingerprint density at radius 3 is 2.88 bits per heavy atom. The van der Waals surface area contributed by atoms with Crippen molar-refractivity contribution in [3.63, 3.8) is 0 Å². The predicted molar refractivity (Wildman–Crippen MR) is 66.2 cm³/mol. The largest absolute Gasteiger partial charge is 0.319 e. The molecule has 0 bridgehead atoms. The average Bonchev–Trinajstić information content (AvgIpc) is 2.68. The molecule has 0 amide bonds. The molecule has 0 saturated heterocycles. The van der Waals surface area contributed by atoms with Gasteiger partial charge in [0.15, 0.2) is 0 Å². The van der Waals surface area contributed by atoms with Gasteiger partial charge < -0.3 is 5.73 Å². The highest BCUT2D eigenvalue weighted by Gasteiger charge is 2.17. The Morgan fingerprint density at radius 1 is 1.50 bits per heavy atom. The van der Waals surface area contributed by atoms with Gasteiger partial charge in [-0.2, -0.15) is 0 Å². The summed E-state index contributed by atoms with van der Waals surface area (Å²) >= 11 is 9.55. The minimum atomic E-state index is -0.329. The van der Waals surface area contributed by atoms with Crippen LogP contribution >= 0.6 is 27.5 Å². The molecule has 2 aromatic rings. The first-order valence-corrected chi connectivity index (χ1v) is 5.82. The summed E-state index contributed by atoms with van der Waals surface area (Å²) in [4.78, 5) is 0. The van der Waals surface area contributed by atoms with E-state index in [0.29, 0.717) is 5.02 Å². The van der Waals surface area contributed by atoms with Crippen LogP contribution in [0.3, 0.4) is 0 Å². The van der Waals surface area contributed by atoms with Gasteiger partial charge in [-0.1, -0.05) is 28.9 Å². The second-order valence-electron chi connectivity index (χ2n) is 3.40. The Hall–Kier alpha value is -0.910. The van der Waals surface area contributed by atoms with Gasteiger partial charge in [-0.05, 0) is 27.6 Å². The molecule has 1 heterocycles. The van der Waals surface area contributed by atoms with Crippen molar-refractivity contribution in [2.24, 2.45) is 12.8 Å². The zero-order valence-corrected chi connectivity index (χ0v) is 10.9. The third-order valence-corrected chi connectivity index (χ3v) is 3.70. The highest BCUT2D eigenvalue weighted by molar-refractivity contribution is 9.10. The Labute approximate surface area is 107 Å². The van der Waals surface area contributed by atoms with Crippen LogP contribution in [0.5, 0.6) is 0 Å². The van der Waals surface area contributed by atoms with Crippen molar-refractivity contribution in [1.29, 1.82) is 0 Å². The molecule has 0 aliphatic rings. The molecule has 0 radical (unpaired) electrons. The van der Waals surface area contributed by atoms with Gasteiger partial charge in [0.05, 0.1) is 23.0 Å². The maximum Gasteiger partial charge on any atom is 0.0797 e. The molecule has 1 unspecified atom stereocenters. The van der Waals surface area contributed by atoms with Crippen molar-refractivity contribution in [1.82, 2.24) is 15.0 Å². The Bertz CT molecular complexity index is 511. The van der Waals surface area contributed by atoms with Crippen molar-refractivity contribution < 1.29 is 0 Å². The van der Waals surface area contributed by atoms with E-state index in [-0.39, 0.29) is 6.04 Å². The molecule has 1 aromatic carbocycles. The van der Waals surface area contributed by atoms with Crippen LogP contribution in [0.25, 0.3) is 0 Å². The number of aromatic nitrogens is 3. The number of nitrogens with zero attached hydrogens (tertiary/aromatic N) is 3. The van der Waals surface area contributed by atoms with Crippen LogP contribution in [0.1, 0.15) is 17.3 Å². The van der Waals surface area contributed by atoms with Gasteiger partial charge in [0, 0.05) is 11.5 Å². The maximum absolute atomic E-state index is 6.18. The van der Waals surface area contributed by atoms with Crippen LogP contribution < -0.4 is 5.73 Å². The van der Waals surface area contributed by atoms with E-state index in [2.05, 4.69) is 26.2 Å². The summed E-state index contributed by atoms with van der Waals surface area (Å²) in [6, 6.07) is 5.34. The highest BCUT2D eigenvalue weighted by atomic mass is 79.9. The van der Waals surface area contributed by atoms with Gasteiger partial charge in [-0.3, -0.25) is 4.68 Å². The Morgan fingerprint density at radius 2 is 2.25 bits per heavy atom. The summed E-state index contributed by atoms with van der Waals surface area (Å²) in [6.45, 7) is 0. The van der Waals surface area contributed by atoms with Gasteiger partial charge in [-0.15, -0.1) is 5.10 Å². The van der Waals surface area contributed by atoms with E-state index in [9.17, 15) is 0 Å². The van der Waals surface area contributed by atoms with E-state index in [1.807, 2.05) is 18.2 Å². The summed E-state index contributed by atoms with van der Waals surface area (Å²) in [5, 5.41) is 8.27. The number of rotatable bonds is 2. The van der Waals surface area contributed by atoms with Crippen LogP contribution in [0.15, 0.2) is 28.9 Å². The predicted octanol–water partition coefficient (Wildman–Crippen LogP) is 2.28. The van der Waals surface area contributed by atoms with Crippen LogP contribution in [0.2, 0.25) is 5.02 Å². The smallest absolute Gasteiger partial charge is 0.0797 e. The van der Waals surface area contributed by atoms with E-state index in [1.54, 1.807) is 17.9 Å². The Kier molecular flexibility index (Phi) is 3.28. The first kappa shape index (κ1) is 11.6. The summed E-state index contributed by atoms with van der Waals surface area (Å²) in [6.07, 6.45) is 1.64. The molecular weight excluding hydrogens is 291 g/mol. The molecule has 4 nitrogen and oxygen atoms in total. The normalized spacial score (nSPS) is 12.8. The molecule has 0 fully saturated rings. The van der Waals surface area contributed by atoms with Crippen molar-refractivity contribution in [3.8, 4) is 0 Å². The summed E-state index contributed by atoms with van der Waals surface area (Å²) < 4.78 is 2.47. The van der Waals surface area contributed by atoms with E-state index in [4.69, 9.17) is 17.3 Å². The first-order chi connectivity index (χ1) is 7.61. The number of nitrogens with two attached hydrogens (primary N) is 1. The molecule has 1 atom stereocenters. The second kappa shape index (κ2) is 4.53. The number of aryl methyl sites for hydroxylation is 1. The molecule has 0 aliphatic heterocycles. The lowest BCUT2D eigenvalue weighted by molar-refractivity contribution is 0.651. The minimum Gasteiger partial charge on any atom is -0.319 e. The van der Waals surface area contributed by atoms with Crippen molar-refractivity contribution in [2.75, 3.05) is 0 Å². The summed E-state index contributed by atoms with van der Waals surface area (Å²) in [5.41, 5.74) is 7.79. The monoisotopic (exact) mass is 300 g/mol. The molecular formula is C10H10BrClN4. The molecule has 1 aromatic heterocycles. The summed E-state index contributed by atoms with van der Waals surface area (Å²) in [5.74, 6) is 0. The molecule has 0 aliphatic carbocycles.